The van der Waals surface area contributed by atoms with E-state index in [2.05, 4.69) is 10.0 Å². The van der Waals surface area contributed by atoms with E-state index in [1.54, 1.807) is 19.9 Å². The minimum Gasteiger partial charge on any atom is -0.385 e. The van der Waals surface area contributed by atoms with Crippen LogP contribution >= 0.6 is 0 Å². The molecule has 1 heterocycles. The summed E-state index contributed by atoms with van der Waals surface area (Å²) in [6, 6.07) is 5.66. The maximum Gasteiger partial charge on any atom is 0.235 e. The molecular formula is C12H18N2O2S. The van der Waals surface area contributed by atoms with Gasteiger partial charge in [0.25, 0.3) is 0 Å². The van der Waals surface area contributed by atoms with E-state index in [0.717, 1.165) is 25.1 Å². The monoisotopic (exact) mass is 254 g/mol. The van der Waals surface area contributed by atoms with Gasteiger partial charge in [0.15, 0.2) is 0 Å². The smallest absolute Gasteiger partial charge is 0.235 e. The molecule has 0 radical (unpaired) electrons. The predicted octanol–water partition coefficient (Wildman–Crippen LogP) is 2.19. The maximum atomic E-state index is 11.7. The third-order valence-electron chi connectivity index (χ3n) is 2.92. The Bertz CT molecular complexity index is 509. The van der Waals surface area contributed by atoms with Gasteiger partial charge in [-0.1, -0.05) is 0 Å². The Kier molecular flexibility index (Phi) is 3.28. The van der Waals surface area contributed by atoms with Crippen molar-refractivity contribution in [3.8, 4) is 0 Å². The van der Waals surface area contributed by atoms with Crippen molar-refractivity contribution < 1.29 is 8.42 Å². The number of nitrogens with one attached hydrogen (secondary N) is 2. The largest absolute Gasteiger partial charge is 0.385 e. The van der Waals surface area contributed by atoms with Crippen molar-refractivity contribution in [2.45, 2.75) is 31.9 Å². The van der Waals surface area contributed by atoms with Gasteiger partial charge in [0.2, 0.25) is 10.0 Å². The number of hydrogen-bond acceptors (Lipinski definition) is 3. The Morgan fingerprint density at radius 2 is 2.12 bits per heavy atom. The van der Waals surface area contributed by atoms with E-state index < -0.39 is 15.3 Å². The summed E-state index contributed by atoms with van der Waals surface area (Å²) in [5.41, 5.74) is 2.95. The van der Waals surface area contributed by atoms with Gasteiger partial charge < -0.3 is 5.32 Å². The van der Waals surface area contributed by atoms with Crippen molar-refractivity contribution in [2.24, 2.45) is 0 Å². The summed E-state index contributed by atoms with van der Waals surface area (Å²) in [6.45, 7) is 4.33. The van der Waals surface area contributed by atoms with E-state index in [0.29, 0.717) is 5.69 Å². The van der Waals surface area contributed by atoms with Gasteiger partial charge >= 0.3 is 0 Å². The van der Waals surface area contributed by atoms with Gasteiger partial charge in [-0.05, 0) is 50.5 Å². The van der Waals surface area contributed by atoms with Gasteiger partial charge in [-0.2, -0.15) is 0 Å². The number of rotatable bonds is 3. The average molecular weight is 254 g/mol. The van der Waals surface area contributed by atoms with Crippen molar-refractivity contribution >= 4 is 21.4 Å². The minimum atomic E-state index is -3.25. The lowest BCUT2D eigenvalue weighted by atomic mass is 10.0. The van der Waals surface area contributed by atoms with Gasteiger partial charge in [0.1, 0.15) is 0 Å². The molecule has 0 aliphatic carbocycles. The first kappa shape index (κ1) is 12.2. The summed E-state index contributed by atoms with van der Waals surface area (Å²) in [5.74, 6) is 0. The van der Waals surface area contributed by atoms with Crippen molar-refractivity contribution in [1.82, 2.24) is 0 Å². The summed E-state index contributed by atoms with van der Waals surface area (Å²) in [5, 5.41) is 2.88. The summed E-state index contributed by atoms with van der Waals surface area (Å²) in [4.78, 5) is 0. The van der Waals surface area contributed by atoms with Crippen LogP contribution in [0.2, 0.25) is 0 Å². The molecule has 0 fully saturated rings. The van der Waals surface area contributed by atoms with E-state index in [-0.39, 0.29) is 0 Å². The van der Waals surface area contributed by atoms with E-state index in [4.69, 9.17) is 0 Å². The number of fused-ring (bicyclic) bond motifs is 1. The number of hydrogen-bond donors (Lipinski definition) is 2. The Balaban J connectivity index is 2.23. The first-order chi connectivity index (χ1) is 7.99. The highest BCUT2D eigenvalue weighted by molar-refractivity contribution is 7.93. The van der Waals surface area contributed by atoms with Crippen LogP contribution in [-0.2, 0) is 16.4 Å². The second-order valence-electron chi connectivity index (χ2n) is 4.60. The van der Waals surface area contributed by atoms with Gasteiger partial charge in [0.05, 0.1) is 5.25 Å². The molecule has 1 aliphatic heterocycles. The summed E-state index contributed by atoms with van der Waals surface area (Å²) in [7, 11) is -3.25. The second kappa shape index (κ2) is 4.56. The Morgan fingerprint density at radius 3 is 2.82 bits per heavy atom. The highest BCUT2D eigenvalue weighted by Crippen LogP contribution is 2.25. The van der Waals surface area contributed by atoms with Gasteiger partial charge in [-0.25, -0.2) is 8.42 Å². The van der Waals surface area contributed by atoms with Crippen LogP contribution < -0.4 is 10.0 Å². The lowest BCUT2D eigenvalue weighted by molar-refractivity contribution is 0.593. The Hall–Kier alpha value is -1.23. The number of aryl methyl sites for hydroxylation is 1. The van der Waals surface area contributed by atoms with Gasteiger partial charge in [-0.3, -0.25) is 4.72 Å². The molecule has 17 heavy (non-hydrogen) atoms. The third kappa shape index (κ3) is 2.72. The fourth-order valence-electron chi connectivity index (χ4n) is 1.82. The molecule has 0 saturated heterocycles. The van der Waals surface area contributed by atoms with Crippen LogP contribution in [0.3, 0.4) is 0 Å². The first-order valence-corrected chi connectivity index (χ1v) is 7.42. The maximum absolute atomic E-state index is 11.7. The van der Waals surface area contributed by atoms with Crippen molar-refractivity contribution in [3.63, 3.8) is 0 Å². The minimum absolute atomic E-state index is 0.420. The average Bonchev–Trinajstić information content (AvgIpc) is 2.28. The van der Waals surface area contributed by atoms with Crippen LogP contribution in [0.15, 0.2) is 18.2 Å². The quantitative estimate of drug-likeness (QED) is 0.869. The van der Waals surface area contributed by atoms with E-state index in [9.17, 15) is 8.42 Å². The zero-order chi connectivity index (χ0) is 12.5. The molecule has 5 heteroatoms. The molecule has 0 saturated carbocycles. The lowest BCUT2D eigenvalue weighted by Gasteiger charge is -2.19. The topological polar surface area (TPSA) is 58.2 Å². The molecule has 1 aliphatic rings. The predicted molar refractivity (Wildman–Crippen MR) is 70.9 cm³/mol. The number of sulfonamides is 1. The Labute approximate surface area is 102 Å². The molecular weight excluding hydrogens is 236 g/mol. The summed E-state index contributed by atoms with van der Waals surface area (Å²) >= 11 is 0. The number of anilines is 2. The highest BCUT2D eigenvalue weighted by atomic mass is 32.2. The second-order valence-corrected chi connectivity index (χ2v) is 6.84. The molecule has 2 rings (SSSR count). The SMILES string of the molecule is CC(C)S(=O)(=O)Nc1ccc2c(c1)CCCN2. The van der Waals surface area contributed by atoms with Gasteiger partial charge in [-0.15, -0.1) is 0 Å². The molecule has 1 aromatic rings. The normalized spacial score (nSPS) is 15.2. The molecule has 94 valence electrons. The van der Waals surface area contributed by atoms with Crippen LogP contribution in [-0.4, -0.2) is 20.2 Å². The van der Waals surface area contributed by atoms with Gasteiger partial charge in [0, 0.05) is 17.9 Å². The summed E-state index contributed by atoms with van der Waals surface area (Å²) < 4.78 is 26.1. The number of benzene rings is 1. The van der Waals surface area contributed by atoms with Crippen molar-refractivity contribution in [1.29, 1.82) is 0 Å². The third-order valence-corrected chi connectivity index (χ3v) is 4.69. The molecule has 0 amide bonds. The van der Waals surface area contributed by atoms with Crippen molar-refractivity contribution in [2.75, 3.05) is 16.6 Å². The molecule has 2 N–H and O–H groups in total. The molecule has 0 aromatic heterocycles. The zero-order valence-corrected chi connectivity index (χ0v) is 11.0. The molecule has 4 nitrogen and oxygen atoms in total. The summed E-state index contributed by atoms with van der Waals surface area (Å²) in [6.07, 6.45) is 2.09. The van der Waals surface area contributed by atoms with Crippen molar-refractivity contribution in [3.05, 3.63) is 23.8 Å². The zero-order valence-electron chi connectivity index (χ0n) is 10.2. The molecule has 0 atom stereocenters. The molecule has 0 bridgehead atoms. The molecule has 0 unspecified atom stereocenters. The van der Waals surface area contributed by atoms with Crippen LogP contribution in [0.1, 0.15) is 25.8 Å². The first-order valence-electron chi connectivity index (χ1n) is 5.87. The molecule has 1 aromatic carbocycles. The lowest BCUT2D eigenvalue weighted by Crippen LogP contribution is -2.22. The fourth-order valence-corrected chi connectivity index (χ4v) is 2.51. The van der Waals surface area contributed by atoms with E-state index >= 15 is 0 Å². The van der Waals surface area contributed by atoms with Crippen LogP contribution in [0, 0.1) is 0 Å². The van der Waals surface area contributed by atoms with Crippen LogP contribution in [0.25, 0.3) is 0 Å². The Morgan fingerprint density at radius 1 is 1.35 bits per heavy atom. The molecule has 0 spiro atoms. The van der Waals surface area contributed by atoms with Crippen LogP contribution in [0.4, 0.5) is 11.4 Å². The van der Waals surface area contributed by atoms with Crippen LogP contribution in [0.5, 0.6) is 0 Å². The standard InChI is InChI=1S/C12H18N2O2S/c1-9(2)17(15,16)14-11-5-6-12-10(8-11)4-3-7-13-12/h5-6,8-9,13-14H,3-4,7H2,1-2H3. The van der Waals surface area contributed by atoms with E-state index in [1.807, 2.05) is 12.1 Å². The van der Waals surface area contributed by atoms with E-state index in [1.165, 1.54) is 5.56 Å². The fraction of sp³-hybridized carbons (Fsp3) is 0.500. The highest BCUT2D eigenvalue weighted by Gasteiger charge is 2.16.